The number of aryl methyl sites for hydroxylation is 1. The molecule has 1 amide bonds. The Morgan fingerprint density at radius 2 is 1.71 bits per heavy atom. The molecule has 7 heteroatoms. The summed E-state index contributed by atoms with van der Waals surface area (Å²) in [5.74, 6) is -0.138. The van der Waals surface area contributed by atoms with Gasteiger partial charge in [-0.3, -0.25) is 4.79 Å². The van der Waals surface area contributed by atoms with Gasteiger partial charge in [0.1, 0.15) is 0 Å². The molecule has 0 atom stereocenters. The molecule has 0 saturated carbocycles. The number of amides is 1. The molecule has 0 unspecified atom stereocenters. The van der Waals surface area contributed by atoms with Crippen LogP contribution in [0.1, 0.15) is 16.8 Å². The third-order valence-electron chi connectivity index (χ3n) is 5.54. The van der Waals surface area contributed by atoms with Crippen molar-refractivity contribution in [1.29, 1.82) is 0 Å². The van der Waals surface area contributed by atoms with E-state index in [0.717, 1.165) is 29.8 Å². The lowest BCUT2D eigenvalue weighted by Crippen LogP contribution is -2.25. The second-order valence-electron chi connectivity index (χ2n) is 7.88. The summed E-state index contributed by atoms with van der Waals surface area (Å²) in [5, 5.41) is 3.57. The van der Waals surface area contributed by atoms with Gasteiger partial charge in [-0.1, -0.05) is 60.1 Å². The van der Waals surface area contributed by atoms with Crippen LogP contribution in [-0.2, 0) is 6.54 Å². The SMILES string of the molecule is O=C(NCCCn1ccnc1)c1ccc2nc(-c3ccccc3)c(-c3ccccc3Cl)nc2c1. The van der Waals surface area contributed by atoms with Gasteiger partial charge in [0, 0.05) is 42.2 Å². The van der Waals surface area contributed by atoms with Crippen molar-refractivity contribution in [3.8, 4) is 22.5 Å². The number of carbonyl (C=O) groups excluding carboxylic acids is 1. The van der Waals surface area contributed by atoms with Gasteiger partial charge in [0.05, 0.1) is 33.8 Å². The van der Waals surface area contributed by atoms with Crippen molar-refractivity contribution in [2.45, 2.75) is 13.0 Å². The van der Waals surface area contributed by atoms with Crippen LogP contribution in [0.25, 0.3) is 33.5 Å². The van der Waals surface area contributed by atoms with Gasteiger partial charge in [-0.15, -0.1) is 0 Å². The molecule has 5 rings (SSSR count). The maximum Gasteiger partial charge on any atom is 0.251 e. The molecule has 3 aromatic carbocycles. The van der Waals surface area contributed by atoms with Gasteiger partial charge in [0.2, 0.25) is 0 Å². The van der Waals surface area contributed by atoms with E-state index in [0.29, 0.717) is 33.9 Å². The Labute approximate surface area is 202 Å². The number of rotatable bonds is 7. The molecule has 2 heterocycles. The fourth-order valence-corrected chi connectivity index (χ4v) is 4.04. The summed E-state index contributed by atoms with van der Waals surface area (Å²) in [6.45, 7) is 1.37. The van der Waals surface area contributed by atoms with Crippen LogP contribution < -0.4 is 5.32 Å². The van der Waals surface area contributed by atoms with Gasteiger partial charge in [-0.2, -0.15) is 0 Å². The number of imidazole rings is 1. The summed E-state index contributed by atoms with van der Waals surface area (Å²) in [5.41, 5.74) is 5.08. The predicted molar refractivity (Wildman–Crippen MR) is 135 cm³/mol. The van der Waals surface area contributed by atoms with E-state index in [-0.39, 0.29) is 5.91 Å². The Hall–Kier alpha value is -4.03. The molecule has 0 aliphatic carbocycles. The van der Waals surface area contributed by atoms with E-state index >= 15 is 0 Å². The molecular weight excluding hydrogens is 446 g/mol. The molecule has 0 spiro atoms. The van der Waals surface area contributed by atoms with E-state index in [1.807, 2.05) is 71.4 Å². The molecule has 0 fully saturated rings. The zero-order chi connectivity index (χ0) is 23.3. The maximum absolute atomic E-state index is 12.7. The Kier molecular flexibility index (Phi) is 6.31. The highest BCUT2D eigenvalue weighted by atomic mass is 35.5. The molecule has 0 radical (unpaired) electrons. The van der Waals surface area contributed by atoms with Crippen LogP contribution in [0.2, 0.25) is 5.02 Å². The minimum Gasteiger partial charge on any atom is -0.352 e. The minimum absolute atomic E-state index is 0.138. The van der Waals surface area contributed by atoms with E-state index in [4.69, 9.17) is 21.6 Å². The molecule has 168 valence electrons. The first kappa shape index (κ1) is 21.8. The average Bonchev–Trinajstić information content (AvgIpc) is 3.40. The number of hydrogen-bond acceptors (Lipinski definition) is 4. The van der Waals surface area contributed by atoms with Crippen LogP contribution in [0.4, 0.5) is 0 Å². The summed E-state index contributed by atoms with van der Waals surface area (Å²) in [4.78, 5) is 26.6. The highest BCUT2D eigenvalue weighted by Crippen LogP contribution is 2.34. The number of benzene rings is 3. The largest absolute Gasteiger partial charge is 0.352 e. The van der Waals surface area contributed by atoms with Crippen molar-refractivity contribution in [1.82, 2.24) is 24.8 Å². The number of fused-ring (bicyclic) bond motifs is 1. The Bertz CT molecular complexity index is 1430. The van der Waals surface area contributed by atoms with E-state index in [1.54, 1.807) is 24.7 Å². The lowest BCUT2D eigenvalue weighted by atomic mass is 10.0. The molecular formula is C27H22ClN5O. The van der Waals surface area contributed by atoms with Crippen molar-refractivity contribution in [3.05, 3.63) is 102 Å². The second-order valence-corrected chi connectivity index (χ2v) is 8.29. The lowest BCUT2D eigenvalue weighted by Gasteiger charge is -2.12. The molecule has 0 bridgehead atoms. The zero-order valence-corrected chi connectivity index (χ0v) is 19.1. The monoisotopic (exact) mass is 467 g/mol. The third kappa shape index (κ3) is 4.67. The second kappa shape index (κ2) is 9.85. The van der Waals surface area contributed by atoms with E-state index < -0.39 is 0 Å². The fraction of sp³-hybridized carbons (Fsp3) is 0.111. The van der Waals surface area contributed by atoms with Crippen molar-refractivity contribution in [2.75, 3.05) is 6.54 Å². The molecule has 5 aromatic rings. The highest BCUT2D eigenvalue weighted by Gasteiger charge is 2.16. The minimum atomic E-state index is -0.138. The molecule has 0 aliphatic rings. The van der Waals surface area contributed by atoms with Gasteiger partial charge in [0.15, 0.2) is 0 Å². The van der Waals surface area contributed by atoms with Gasteiger partial charge in [-0.05, 0) is 30.7 Å². The van der Waals surface area contributed by atoms with Crippen LogP contribution in [0, 0.1) is 0 Å². The first-order valence-corrected chi connectivity index (χ1v) is 11.4. The molecule has 0 saturated heterocycles. The third-order valence-corrected chi connectivity index (χ3v) is 5.87. The highest BCUT2D eigenvalue weighted by molar-refractivity contribution is 6.33. The van der Waals surface area contributed by atoms with E-state index in [9.17, 15) is 4.79 Å². The number of hydrogen-bond donors (Lipinski definition) is 1. The lowest BCUT2D eigenvalue weighted by molar-refractivity contribution is 0.0953. The Morgan fingerprint density at radius 3 is 2.50 bits per heavy atom. The first-order chi connectivity index (χ1) is 16.7. The number of nitrogens with zero attached hydrogens (tertiary/aromatic N) is 4. The van der Waals surface area contributed by atoms with Crippen molar-refractivity contribution < 1.29 is 4.79 Å². The van der Waals surface area contributed by atoms with E-state index in [1.165, 1.54) is 0 Å². The topological polar surface area (TPSA) is 72.7 Å². The fourth-order valence-electron chi connectivity index (χ4n) is 3.82. The molecule has 2 aromatic heterocycles. The number of nitrogens with one attached hydrogen (secondary N) is 1. The normalized spacial score (nSPS) is 11.0. The van der Waals surface area contributed by atoms with E-state index in [2.05, 4.69) is 10.3 Å². The molecule has 34 heavy (non-hydrogen) atoms. The predicted octanol–water partition coefficient (Wildman–Crippen LogP) is 5.63. The zero-order valence-electron chi connectivity index (χ0n) is 18.4. The smallest absolute Gasteiger partial charge is 0.251 e. The Morgan fingerprint density at radius 1 is 0.912 bits per heavy atom. The van der Waals surface area contributed by atoms with Gasteiger partial charge >= 0.3 is 0 Å². The average molecular weight is 468 g/mol. The summed E-state index contributed by atoms with van der Waals surface area (Å²) in [6, 6.07) is 22.9. The first-order valence-electron chi connectivity index (χ1n) is 11.0. The van der Waals surface area contributed by atoms with Crippen LogP contribution >= 0.6 is 11.6 Å². The van der Waals surface area contributed by atoms with Crippen molar-refractivity contribution in [3.63, 3.8) is 0 Å². The van der Waals surface area contributed by atoms with Gasteiger partial charge < -0.3 is 9.88 Å². The number of halogens is 1. The molecule has 6 nitrogen and oxygen atoms in total. The molecule has 1 N–H and O–H groups in total. The number of aromatic nitrogens is 4. The summed E-state index contributed by atoms with van der Waals surface area (Å²) >= 11 is 6.52. The Balaban J connectivity index is 1.46. The molecule has 0 aliphatic heterocycles. The van der Waals surface area contributed by atoms with Crippen LogP contribution in [0.3, 0.4) is 0 Å². The maximum atomic E-state index is 12.7. The van der Waals surface area contributed by atoms with Gasteiger partial charge in [-0.25, -0.2) is 15.0 Å². The van der Waals surface area contributed by atoms with Crippen molar-refractivity contribution >= 4 is 28.5 Å². The van der Waals surface area contributed by atoms with Crippen LogP contribution in [0.5, 0.6) is 0 Å². The van der Waals surface area contributed by atoms with Gasteiger partial charge in [0.25, 0.3) is 5.91 Å². The number of carbonyl (C=O) groups is 1. The summed E-state index contributed by atoms with van der Waals surface area (Å²) in [6.07, 6.45) is 6.23. The summed E-state index contributed by atoms with van der Waals surface area (Å²) < 4.78 is 1.98. The van der Waals surface area contributed by atoms with Crippen molar-refractivity contribution in [2.24, 2.45) is 0 Å². The summed E-state index contributed by atoms with van der Waals surface area (Å²) in [7, 11) is 0. The van der Waals surface area contributed by atoms with Crippen LogP contribution in [-0.4, -0.2) is 32.0 Å². The standard InChI is InChI=1S/C27H22ClN5O/c28-22-10-5-4-9-21(22)26-25(19-7-2-1-3-8-19)31-23-12-11-20(17-24(23)32-26)27(34)30-13-6-15-33-16-14-29-18-33/h1-5,7-12,14,16-18H,6,13,15H2,(H,30,34). The quantitative estimate of drug-likeness (QED) is 0.315. The van der Waals surface area contributed by atoms with Crippen LogP contribution in [0.15, 0.2) is 91.5 Å².